The van der Waals surface area contributed by atoms with E-state index in [1.807, 2.05) is 12.1 Å². The molecular formula is C13H18N2O. The van der Waals surface area contributed by atoms with Crippen LogP contribution >= 0.6 is 0 Å². The van der Waals surface area contributed by atoms with E-state index in [0.717, 1.165) is 25.9 Å². The van der Waals surface area contributed by atoms with E-state index in [2.05, 4.69) is 29.7 Å². The second kappa shape index (κ2) is 5.01. The molecule has 1 heterocycles. The number of nitrogens with one attached hydrogen (secondary N) is 2. The van der Waals surface area contributed by atoms with Crippen LogP contribution in [-0.4, -0.2) is 19.0 Å². The Labute approximate surface area is 96.2 Å². The van der Waals surface area contributed by atoms with Gasteiger partial charge in [-0.25, -0.2) is 0 Å². The Balaban J connectivity index is 1.99. The van der Waals surface area contributed by atoms with E-state index in [0.29, 0.717) is 0 Å². The zero-order valence-corrected chi connectivity index (χ0v) is 9.62. The molecule has 0 saturated heterocycles. The van der Waals surface area contributed by atoms with Crippen LogP contribution in [0.15, 0.2) is 24.3 Å². The molecule has 16 heavy (non-hydrogen) atoms. The molecule has 2 N–H and O–H groups in total. The van der Waals surface area contributed by atoms with Crippen molar-refractivity contribution in [2.75, 3.05) is 18.4 Å². The molecule has 3 nitrogen and oxygen atoms in total. The summed E-state index contributed by atoms with van der Waals surface area (Å²) < 4.78 is 0. The van der Waals surface area contributed by atoms with Gasteiger partial charge in [0.05, 0.1) is 5.92 Å². The number of fused-ring (bicyclic) bond motifs is 1. The summed E-state index contributed by atoms with van der Waals surface area (Å²) in [6.45, 7) is 3.58. The number of benzene rings is 1. The summed E-state index contributed by atoms with van der Waals surface area (Å²) in [4.78, 5) is 11.8. The van der Waals surface area contributed by atoms with Crippen LogP contribution < -0.4 is 10.6 Å². The van der Waals surface area contributed by atoms with Crippen molar-refractivity contribution in [3.63, 3.8) is 0 Å². The fourth-order valence-electron chi connectivity index (χ4n) is 2.02. The smallest absolute Gasteiger partial charge is 0.225 e. The molecule has 0 aromatic heterocycles. The molecule has 1 aliphatic heterocycles. The third-order valence-electron chi connectivity index (χ3n) is 2.94. The van der Waals surface area contributed by atoms with E-state index in [9.17, 15) is 4.79 Å². The maximum atomic E-state index is 11.8. The molecule has 0 bridgehead atoms. The monoisotopic (exact) mass is 218 g/mol. The van der Waals surface area contributed by atoms with Crippen LogP contribution in [-0.2, 0) is 11.2 Å². The first-order valence-corrected chi connectivity index (χ1v) is 5.90. The standard InChI is InChI=1S/C13H18N2O/c1-2-7-14-13(16)11-8-10-5-3-4-6-12(10)15-9-11/h3-6,11,15H,2,7-9H2,1H3,(H,14,16). The molecule has 1 unspecified atom stereocenters. The van der Waals surface area contributed by atoms with Crippen molar-refractivity contribution < 1.29 is 4.79 Å². The number of carbonyl (C=O) groups is 1. The fourth-order valence-corrected chi connectivity index (χ4v) is 2.02. The molecule has 0 radical (unpaired) electrons. The molecule has 0 saturated carbocycles. The molecule has 2 rings (SSSR count). The predicted octanol–water partition coefficient (Wildman–Crippen LogP) is 1.80. The Morgan fingerprint density at radius 1 is 1.50 bits per heavy atom. The van der Waals surface area contributed by atoms with Crippen molar-refractivity contribution in [1.82, 2.24) is 5.32 Å². The lowest BCUT2D eigenvalue weighted by Gasteiger charge is -2.25. The lowest BCUT2D eigenvalue weighted by Crippen LogP contribution is -2.38. The number of para-hydroxylation sites is 1. The zero-order valence-electron chi connectivity index (χ0n) is 9.62. The Hall–Kier alpha value is -1.51. The number of rotatable bonds is 3. The molecule has 0 aliphatic carbocycles. The van der Waals surface area contributed by atoms with Crippen LogP contribution in [0.4, 0.5) is 5.69 Å². The summed E-state index contributed by atoms with van der Waals surface area (Å²) in [5, 5.41) is 6.26. The molecule has 86 valence electrons. The van der Waals surface area contributed by atoms with Gasteiger partial charge in [0.25, 0.3) is 0 Å². The van der Waals surface area contributed by atoms with E-state index in [-0.39, 0.29) is 11.8 Å². The molecule has 1 atom stereocenters. The van der Waals surface area contributed by atoms with Gasteiger partial charge in [-0.05, 0) is 24.5 Å². The van der Waals surface area contributed by atoms with Gasteiger partial charge >= 0.3 is 0 Å². The highest BCUT2D eigenvalue weighted by Crippen LogP contribution is 2.24. The third-order valence-corrected chi connectivity index (χ3v) is 2.94. The Morgan fingerprint density at radius 2 is 2.31 bits per heavy atom. The first kappa shape index (κ1) is 11.0. The number of hydrogen-bond acceptors (Lipinski definition) is 2. The van der Waals surface area contributed by atoms with Crippen molar-refractivity contribution in [2.45, 2.75) is 19.8 Å². The van der Waals surface area contributed by atoms with E-state index in [1.54, 1.807) is 0 Å². The summed E-state index contributed by atoms with van der Waals surface area (Å²) in [6.07, 6.45) is 1.83. The molecule has 1 aromatic carbocycles. The van der Waals surface area contributed by atoms with Crippen LogP contribution in [0.25, 0.3) is 0 Å². The fraction of sp³-hybridized carbons (Fsp3) is 0.462. The minimum Gasteiger partial charge on any atom is -0.384 e. The van der Waals surface area contributed by atoms with Gasteiger partial charge in [0.2, 0.25) is 5.91 Å². The second-order valence-corrected chi connectivity index (χ2v) is 4.23. The van der Waals surface area contributed by atoms with Crippen molar-refractivity contribution in [1.29, 1.82) is 0 Å². The maximum absolute atomic E-state index is 11.8. The highest BCUT2D eigenvalue weighted by Gasteiger charge is 2.23. The first-order valence-electron chi connectivity index (χ1n) is 5.90. The summed E-state index contributed by atoms with van der Waals surface area (Å²) in [5.41, 5.74) is 2.41. The van der Waals surface area contributed by atoms with Crippen molar-refractivity contribution in [2.24, 2.45) is 5.92 Å². The number of carbonyl (C=O) groups excluding carboxylic acids is 1. The normalized spacial score (nSPS) is 18.4. The molecule has 3 heteroatoms. The van der Waals surface area contributed by atoms with Crippen LogP contribution in [0.1, 0.15) is 18.9 Å². The van der Waals surface area contributed by atoms with E-state index >= 15 is 0 Å². The van der Waals surface area contributed by atoms with Crippen LogP contribution in [0.2, 0.25) is 0 Å². The van der Waals surface area contributed by atoms with Gasteiger partial charge in [0.1, 0.15) is 0 Å². The van der Waals surface area contributed by atoms with Gasteiger partial charge in [0.15, 0.2) is 0 Å². The first-order chi connectivity index (χ1) is 7.81. The van der Waals surface area contributed by atoms with Crippen LogP contribution in [0.5, 0.6) is 0 Å². The van der Waals surface area contributed by atoms with Crippen LogP contribution in [0.3, 0.4) is 0 Å². The molecule has 1 aliphatic rings. The van der Waals surface area contributed by atoms with E-state index in [1.165, 1.54) is 11.3 Å². The Morgan fingerprint density at radius 3 is 3.12 bits per heavy atom. The van der Waals surface area contributed by atoms with Gasteiger partial charge in [-0.2, -0.15) is 0 Å². The summed E-state index contributed by atoms with van der Waals surface area (Å²) in [7, 11) is 0. The average Bonchev–Trinajstić information content (AvgIpc) is 2.35. The number of anilines is 1. The third kappa shape index (κ3) is 2.35. The Bertz CT molecular complexity index is 376. The Kier molecular flexibility index (Phi) is 3.44. The highest BCUT2D eigenvalue weighted by atomic mass is 16.1. The predicted molar refractivity (Wildman–Crippen MR) is 65.4 cm³/mol. The minimum absolute atomic E-state index is 0.0708. The van der Waals surface area contributed by atoms with Gasteiger partial charge < -0.3 is 10.6 Å². The van der Waals surface area contributed by atoms with Gasteiger partial charge in [-0.3, -0.25) is 4.79 Å². The zero-order chi connectivity index (χ0) is 11.4. The maximum Gasteiger partial charge on any atom is 0.225 e. The lowest BCUT2D eigenvalue weighted by molar-refractivity contribution is -0.124. The molecule has 0 spiro atoms. The average molecular weight is 218 g/mol. The van der Waals surface area contributed by atoms with Gasteiger partial charge in [-0.1, -0.05) is 25.1 Å². The van der Waals surface area contributed by atoms with E-state index in [4.69, 9.17) is 0 Å². The largest absolute Gasteiger partial charge is 0.384 e. The summed E-state index contributed by atoms with van der Waals surface area (Å²) in [5.74, 6) is 0.241. The summed E-state index contributed by atoms with van der Waals surface area (Å²) in [6, 6.07) is 8.19. The van der Waals surface area contributed by atoms with E-state index < -0.39 is 0 Å². The van der Waals surface area contributed by atoms with Crippen molar-refractivity contribution in [3.05, 3.63) is 29.8 Å². The van der Waals surface area contributed by atoms with Gasteiger partial charge in [0, 0.05) is 18.8 Å². The van der Waals surface area contributed by atoms with Gasteiger partial charge in [-0.15, -0.1) is 0 Å². The highest BCUT2D eigenvalue weighted by molar-refractivity contribution is 5.80. The molecular weight excluding hydrogens is 200 g/mol. The summed E-state index contributed by atoms with van der Waals surface area (Å²) >= 11 is 0. The topological polar surface area (TPSA) is 41.1 Å². The molecule has 1 aromatic rings. The second-order valence-electron chi connectivity index (χ2n) is 4.23. The SMILES string of the molecule is CCCNC(=O)C1CNc2ccccc2C1. The van der Waals surface area contributed by atoms with Crippen molar-refractivity contribution in [3.8, 4) is 0 Å². The van der Waals surface area contributed by atoms with Crippen LogP contribution in [0, 0.1) is 5.92 Å². The number of hydrogen-bond donors (Lipinski definition) is 2. The number of amides is 1. The quantitative estimate of drug-likeness (QED) is 0.812. The minimum atomic E-state index is 0.0708. The molecule has 0 fully saturated rings. The lowest BCUT2D eigenvalue weighted by atomic mass is 9.93. The van der Waals surface area contributed by atoms with Crippen molar-refractivity contribution >= 4 is 11.6 Å². The molecule has 1 amide bonds.